The zero-order chi connectivity index (χ0) is 19.0. The number of nitrogens with one attached hydrogen (secondary N) is 1. The lowest BCUT2D eigenvalue weighted by Crippen LogP contribution is -2.42. The van der Waals surface area contributed by atoms with E-state index in [4.69, 9.17) is 4.74 Å². The largest absolute Gasteiger partial charge is 0.507 e. The summed E-state index contributed by atoms with van der Waals surface area (Å²) in [7, 11) is 0. The van der Waals surface area contributed by atoms with E-state index in [0.29, 0.717) is 36.7 Å². The molecule has 8 heteroatoms. The monoisotopic (exact) mass is 428 g/mol. The van der Waals surface area contributed by atoms with E-state index in [1.807, 2.05) is 12.1 Å². The summed E-state index contributed by atoms with van der Waals surface area (Å²) in [4.78, 5) is 17.2. The quantitative estimate of drug-likeness (QED) is 0.625. The van der Waals surface area contributed by atoms with Crippen molar-refractivity contribution < 1.29 is 14.6 Å². The minimum Gasteiger partial charge on any atom is -0.507 e. The average molecular weight is 429 g/mol. The molecule has 1 unspecified atom stereocenters. The van der Waals surface area contributed by atoms with Crippen molar-refractivity contribution >= 4 is 32.9 Å². The molecule has 3 aromatic rings. The summed E-state index contributed by atoms with van der Waals surface area (Å²) in [6.45, 7) is 4.95. The van der Waals surface area contributed by atoms with Gasteiger partial charge in [-0.1, -0.05) is 18.7 Å². The first kappa shape index (κ1) is 17.7. The van der Waals surface area contributed by atoms with Crippen LogP contribution in [0.25, 0.3) is 22.3 Å². The molecule has 27 heavy (non-hydrogen) atoms. The number of phenols is 1. The molecule has 138 valence electrons. The molecule has 1 aliphatic rings. The highest BCUT2D eigenvalue weighted by Gasteiger charge is 2.31. The van der Waals surface area contributed by atoms with Gasteiger partial charge in [-0.05, 0) is 40.2 Å². The van der Waals surface area contributed by atoms with Gasteiger partial charge in [-0.3, -0.25) is 4.79 Å². The summed E-state index contributed by atoms with van der Waals surface area (Å²) >= 11 is 3.63. The van der Waals surface area contributed by atoms with Gasteiger partial charge in [0.1, 0.15) is 5.75 Å². The summed E-state index contributed by atoms with van der Waals surface area (Å²) in [6.07, 6.45) is 1.31. The zero-order valence-corrected chi connectivity index (χ0v) is 15.9. The van der Waals surface area contributed by atoms with Crippen LogP contribution >= 0.6 is 15.9 Å². The molecule has 0 spiro atoms. The Hall–Kier alpha value is -2.71. The zero-order valence-electron chi connectivity index (χ0n) is 14.4. The van der Waals surface area contributed by atoms with Gasteiger partial charge < -0.3 is 19.7 Å². The molecule has 1 aromatic carbocycles. The van der Waals surface area contributed by atoms with Crippen LogP contribution in [0, 0.1) is 0 Å². The van der Waals surface area contributed by atoms with Gasteiger partial charge in [0, 0.05) is 17.5 Å². The predicted octanol–water partition coefficient (Wildman–Crippen LogP) is 3.18. The van der Waals surface area contributed by atoms with Gasteiger partial charge in [0.15, 0.2) is 5.65 Å². The smallest absolute Gasteiger partial charge is 0.246 e. The van der Waals surface area contributed by atoms with Crippen LogP contribution < -0.4 is 0 Å². The number of aromatic nitrogens is 3. The molecule has 3 heterocycles. The van der Waals surface area contributed by atoms with Crippen LogP contribution in [-0.4, -0.2) is 50.9 Å². The number of morpholine rings is 1. The van der Waals surface area contributed by atoms with Crippen molar-refractivity contribution in [1.29, 1.82) is 0 Å². The molecule has 0 aliphatic carbocycles. The third-order valence-corrected chi connectivity index (χ3v) is 5.47. The summed E-state index contributed by atoms with van der Waals surface area (Å²) in [5.41, 5.74) is 2.55. The molecule has 1 amide bonds. The number of amides is 1. The molecule has 7 nitrogen and oxygen atoms in total. The highest BCUT2D eigenvalue weighted by Crippen LogP contribution is 2.36. The Bertz CT molecular complexity index is 1030. The van der Waals surface area contributed by atoms with Crippen LogP contribution in [0.15, 0.2) is 47.5 Å². The number of rotatable bonds is 3. The molecule has 0 bridgehead atoms. The lowest BCUT2D eigenvalue weighted by Gasteiger charge is -2.34. The third-order valence-electron chi connectivity index (χ3n) is 4.62. The first-order chi connectivity index (χ1) is 13.1. The van der Waals surface area contributed by atoms with Gasteiger partial charge in [0.05, 0.1) is 35.1 Å². The van der Waals surface area contributed by atoms with Crippen molar-refractivity contribution in [3.05, 3.63) is 53.2 Å². The van der Waals surface area contributed by atoms with Gasteiger partial charge in [-0.2, -0.15) is 0 Å². The summed E-state index contributed by atoms with van der Waals surface area (Å²) in [5.74, 6) is -0.00342. The maximum Gasteiger partial charge on any atom is 0.246 e. The van der Waals surface area contributed by atoms with Crippen LogP contribution in [0.2, 0.25) is 0 Å². The molecule has 1 fully saturated rings. The number of halogens is 1. The second kappa shape index (κ2) is 7.13. The van der Waals surface area contributed by atoms with Crippen molar-refractivity contribution in [3.8, 4) is 17.0 Å². The lowest BCUT2D eigenvalue weighted by molar-refractivity contribution is -0.134. The van der Waals surface area contributed by atoms with Crippen LogP contribution in [0.4, 0.5) is 0 Å². The maximum absolute atomic E-state index is 12.2. The number of ether oxygens (including phenoxy) is 1. The number of H-pyrrole nitrogens is 1. The number of carbonyl (C=O) groups excluding carboxylic acids is 1. The fraction of sp³-hybridized carbons (Fsp3) is 0.211. The standard InChI is InChI=1S/C19H17BrN4O3/c1-2-16(26)24-7-8-27-10-14(24)18-17(20)12-9-13(22-23-19(12)21-18)11-5-3-4-6-15(11)25/h2-6,9,14,25H,1,7-8,10H2,(H,21,23). The number of para-hydroxylation sites is 1. The lowest BCUT2D eigenvalue weighted by atomic mass is 10.1. The second-order valence-electron chi connectivity index (χ2n) is 6.19. The predicted molar refractivity (Wildman–Crippen MR) is 104 cm³/mol. The Morgan fingerprint density at radius 1 is 1.41 bits per heavy atom. The van der Waals surface area contributed by atoms with Crippen molar-refractivity contribution in [3.63, 3.8) is 0 Å². The number of aromatic hydroxyl groups is 1. The van der Waals surface area contributed by atoms with E-state index in [0.717, 1.165) is 15.6 Å². The fourth-order valence-electron chi connectivity index (χ4n) is 3.25. The van der Waals surface area contributed by atoms with Gasteiger partial charge in [0.25, 0.3) is 0 Å². The Balaban J connectivity index is 1.79. The van der Waals surface area contributed by atoms with E-state index >= 15 is 0 Å². The number of carbonyl (C=O) groups is 1. The molecular formula is C19H17BrN4O3. The summed E-state index contributed by atoms with van der Waals surface area (Å²) in [5, 5.41) is 19.4. The molecular weight excluding hydrogens is 412 g/mol. The number of nitrogens with zero attached hydrogens (tertiary/aromatic N) is 3. The maximum atomic E-state index is 12.2. The number of fused-ring (bicyclic) bond motifs is 1. The molecule has 2 aromatic heterocycles. The Morgan fingerprint density at radius 2 is 2.22 bits per heavy atom. The van der Waals surface area contributed by atoms with Gasteiger partial charge >= 0.3 is 0 Å². The van der Waals surface area contributed by atoms with Crippen LogP contribution in [0.3, 0.4) is 0 Å². The Labute approximate surface area is 163 Å². The van der Waals surface area contributed by atoms with Crippen LogP contribution in [-0.2, 0) is 9.53 Å². The molecule has 1 atom stereocenters. The van der Waals surface area contributed by atoms with Gasteiger partial charge in [0.2, 0.25) is 5.91 Å². The molecule has 1 aliphatic heterocycles. The second-order valence-corrected chi connectivity index (χ2v) is 6.98. The van der Waals surface area contributed by atoms with Crippen molar-refractivity contribution in [2.45, 2.75) is 6.04 Å². The molecule has 0 saturated carbocycles. The van der Waals surface area contributed by atoms with E-state index in [1.54, 1.807) is 23.1 Å². The van der Waals surface area contributed by atoms with Crippen molar-refractivity contribution in [2.24, 2.45) is 0 Å². The number of phenolic OH excluding ortho intramolecular Hbond substituents is 1. The summed E-state index contributed by atoms with van der Waals surface area (Å²) < 4.78 is 6.38. The van der Waals surface area contributed by atoms with Crippen LogP contribution in [0.1, 0.15) is 11.7 Å². The van der Waals surface area contributed by atoms with Crippen molar-refractivity contribution in [2.75, 3.05) is 19.8 Å². The number of hydrogen-bond donors (Lipinski definition) is 2. The molecule has 1 saturated heterocycles. The molecule has 0 radical (unpaired) electrons. The first-order valence-electron chi connectivity index (χ1n) is 8.44. The topological polar surface area (TPSA) is 91.3 Å². The van der Waals surface area contributed by atoms with Gasteiger partial charge in [-0.15, -0.1) is 10.2 Å². The minimum atomic E-state index is -0.276. The summed E-state index contributed by atoms with van der Waals surface area (Å²) in [6, 6.07) is 8.55. The average Bonchev–Trinajstić information content (AvgIpc) is 3.03. The number of aromatic amines is 1. The van der Waals surface area contributed by atoms with Crippen molar-refractivity contribution in [1.82, 2.24) is 20.1 Å². The SMILES string of the molecule is C=CC(=O)N1CCOCC1c1[nH]c2nnc(-c3ccccc3O)cc2c1Br. The Morgan fingerprint density at radius 3 is 3.00 bits per heavy atom. The van der Waals surface area contributed by atoms with E-state index in [9.17, 15) is 9.90 Å². The van der Waals surface area contributed by atoms with E-state index in [2.05, 4.69) is 37.7 Å². The highest BCUT2D eigenvalue weighted by molar-refractivity contribution is 9.10. The van der Waals surface area contributed by atoms with Crippen LogP contribution in [0.5, 0.6) is 5.75 Å². The third kappa shape index (κ3) is 3.11. The molecule has 2 N–H and O–H groups in total. The van der Waals surface area contributed by atoms with Gasteiger partial charge in [-0.25, -0.2) is 0 Å². The minimum absolute atomic E-state index is 0.140. The van der Waals surface area contributed by atoms with E-state index < -0.39 is 0 Å². The number of hydrogen-bond acceptors (Lipinski definition) is 5. The number of benzene rings is 1. The fourth-order valence-corrected chi connectivity index (χ4v) is 3.92. The normalized spacial score (nSPS) is 17.2. The van der Waals surface area contributed by atoms with E-state index in [1.165, 1.54) is 6.08 Å². The van der Waals surface area contributed by atoms with E-state index in [-0.39, 0.29) is 17.7 Å². The highest BCUT2D eigenvalue weighted by atomic mass is 79.9. The first-order valence-corrected chi connectivity index (χ1v) is 9.23. The molecule has 4 rings (SSSR count). The Kier molecular flexibility index (Phi) is 4.67.